The van der Waals surface area contributed by atoms with Gasteiger partial charge in [-0.1, -0.05) is 24.2 Å². The van der Waals surface area contributed by atoms with Gasteiger partial charge in [-0.05, 0) is 30.4 Å². The average Bonchev–Trinajstić information content (AvgIpc) is 3.01. The number of rotatable bonds is 7. The van der Waals surface area contributed by atoms with Crippen molar-refractivity contribution in [3.05, 3.63) is 27.3 Å². The Balaban J connectivity index is 1.84. The normalized spacial score (nSPS) is 20.4. The van der Waals surface area contributed by atoms with Crippen LogP contribution in [0.3, 0.4) is 0 Å². The van der Waals surface area contributed by atoms with Crippen molar-refractivity contribution in [2.24, 2.45) is 0 Å². The van der Waals surface area contributed by atoms with Gasteiger partial charge in [0.25, 0.3) is 5.91 Å². The molecule has 1 unspecified atom stereocenters. The van der Waals surface area contributed by atoms with Gasteiger partial charge in [0, 0.05) is 17.8 Å². The van der Waals surface area contributed by atoms with E-state index >= 15 is 0 Å². The number of hydrogen-bond donors (Lipinski definition) is 2. The fourth-order valence-corrected chi connectivity index (χ4v) is 4.28. The predicted molar refractivity (Wildman–Crippen MR) is 90.5 cm³/mol. The zero-order valence-electron chi connectivity index (χ0n) is 11.4. The molecule has 2 heterocycles. The van der Waals surface area contributed by atoms with Gasteiger partial charge in [0.05, 0.1) is 4.91 Å². The highest BCUT2D eigenvalue weighted by molar-refractivity contribution is 8.14. The van der Waals surface area contributed by atoms with E-state index < -0.39 is 5.97 Å². The van der Waals surface area contributed by atoms with Gasteiger partial charge in [0.2, 0.25) is 0 Å². The monoisotopic (exact) mass is 343 g/mol. The van der Waals surface area contributed by atoms with E-state index in [2.05, 4.69) is 12.6 Å². The van der Waals surface area contributed by atoms with Crippen molar-refractivity contribution in [2.45, 2.75) is 30.4 Å². The Hall–Kier alpha value is -0.920. The van der Waals surface area contributed by atoms with Gasteiger partial charge < -0.3 is 10.0 Å². The summed E-state index contributed by atoms with van der Waals surface area (Å²) in [5.41, 5.74) is 0. The number of carbonyl (C=O) groups is 2. The molecular formula is C14H17NO3S3. The van der Waals surface area contributed by atoms with Crippen molar-refractivity contribution in [1.82, 2.24) is 4.90 Å². The number of amides is 1. The Morgan fingerprint density at radius 3 is 2.90 bits per heavy atom. The van der Waals surface area contributed by atoms with Gasteiger partial charge in [-0.3, -0.25) is 9.59 Å². The average molecular weight is 343 g/mol. The molecule has 1 fully saturated rings. The summed E-state index contributed by atoms with van der Waals surface area (Å²) in [4.78, 5) is 26.3. The second kappa shape index (κ2) is 7.91. The predicted octanol–water partition coefficient (Wildman–Crippen LogP) is 3.52. The Labute approximate surface area is 137 Å². The van der Waals surface area contributed by atoms with E-state index in [0.29, 0.717) is 13.0 Å². The number of aliphatic carboxylic acids is 1. The van der Waals surface area contributed by atoms with Crippen molar-refractivity contribution >= 4 is 53.7 Å². The van der Waals surface area contributed by atoms with Gasteiger partial charge in [-0.2, -0.15) is 0 Å². The summed E-state index contributed by atoms with van der Waals surface area (Å²) in [5, 5.41) is 10.6. The molecule has 114 valence electrons. The van der Waals surface area contributed by atoms with Crippen molar-refractivity contribution in [3.8, 4) is 0 Å². The van der Waals surface area contributed by atoms with Crippen LogP contribution in [0.4, 0.5) is 0 Å². The summed E-state index contributed by atoms with van der Waals surface area (Å²) in [6.45, 7) is 0.626. The first-order valence-electron chi connectivity index (χ1n) is 6.70. The molecule has 0 aromatic carbocycles. The number of carbonyl (C=O) groups excluding carboxylic acids is 1. The molecule has 0 aliphatic carbocycles. The molecule has 0 radical (unpaired) electrons. The van der Waals surface area contributed by atoms with Gasteiger partial charge in [0.1, 0.15) is 4.71 Å². The maximum Gasteiger partial charge on any atom is 0.303 e. The van der Waals surface area contributed by atoms with Crippen molar-refractivity contribution in [1.29, 1.82) is 0 Å². The van der Waals surface area contributed by atoms with Crippen LogP contribution < -0.4 is 0 Å². The molecule has 1 aliphatic heterocycles. The largest absolute Gasteiger partial charge is 0.481 e. The van der Waals surface area contributed by atoms with Gasteiger partial charge in [-0.25, -0.2) is 0 Å². The van der Waals surface area contributed by atoms with E-state index in [1.807, 2.05) is 23.6 Å². The third-order valence-electron chi connectivity index (χ3n) is 3.08. The molecule has 1 N–H and O–H groups in total. The molecule has 0 bridgehead atoms. The van der Waals surface area contributed by atoms with Gasteiger partial charge in [0.15, 0.2) is 0 Å². The Kier molecular flexibility index (Phi) is 6.20. The number of carboxylic acid groups (broad SMARTS) is 1. The van der Waals surface area contributed by atoms with Crippen LogP contribution in [-0.2, 0) is 9.59 Å². The number of thiol groups is 1. The number of hydrogen-bond acceptors (Lipinski definition) is 5. The van der Waals surface area contributed by atoms with Crippen LogP contribution in [-0.4, -0.2) is 33.1 Å². The number of carboxylic acids is 1. The molecule has 1 aromatic rings. The summed E-state index contributed by atoms with van der Waals surface area (Å²) < 4.78 is -0.150. The summed E-state index contributed by atoms with van der Waals surface area (Å²) >= 11 is 7.51. The summed E-state index contributed by atoms with van der Waals surface area (Å²) in [5.74, 6) is -0.748. The minimum absolute atomic E-state index is 0.0200. The third-order valence-corrected chi connectivity index (χ3v) is 5.50. The number of thiophene rings is 1. The minimum Gasteiger partial charge on any atom is -0.481 e. The lowest BCUT2D eigenvalue weighted by molar-refractivity contribution is -0.137. The molecule has 21 heavy (non-hydrogen) atoms. The Morgan fingerprint density at radius 2 is 2.24 bits per heavy atom. The number of unbranched alkanes of at least 4 members (excludes halogenated alkanes) is 2. The van der Waals surface area contributed by atoms with E-state index in [1.54, 1.807) is 16.2 Å². The minimum atomic E-state index is -0.768. The molecule has 2 rings (SSSR count). The maximum atomic E-state index is 12.3. The van der Waals surface area contributed by atoms with Crippen LogP contribution in [0.1, 0.15) is 30.6 Å². The first-order valence-corrected chi connectivity index (χ1v) is 8.98. The summed E-state index contributed by atoms with van der Waals surface area (Å²) in [6.07, 6.45) is 4.37. The zero-order valence-corrected chi connectivity index (χ0v) is 13.9. The summed E-state index contributed by atoms with van der Waals surface area (Å²) in [7, 11) is 0. The highest BCUT2D eigenvalue weighted by atomic mass is 32.2. The third kappa shape index (κ3) is 4.79. The van der Waals surface area contributed by atoms with E-state index in [4.69, 9.17) is 5.11 Å². The van der Waals surface area contributed by atoms with E-state index in [-0.39, 0.29) is 17.0 Å². The fourth-order valence-electron chi connectivity index (χ4n) is 2.01. The summed E-state index contributed by atoms with van der Waals surface area (Å²) in [6, 6.07) is 3.94. The Bertz CT molecular complexity index is 528. The molecule has 0 spiro atoms. The molecule has 1 atom stereocenters. The van der Waals surface area contributed by atoms with E-state index in [1.165, 1.54) is 11.8 Å². The highest BCUT2D eigenvalue weighted by Gasteiger charge is 2.33. The maximum absolute atomic E-state index is 12.3. The number of thioether (sulfide) groups is 1. The molecule has 0 saturated carbocycles. The van der Waals surface area contributed by atoms with Crippen LogP contribution >= 0.6 is 35.7 Å². The van der Waals surface area contributed by atoms with E-state index in [0.717, 1.165) is 22.6 Å². The first kappa shape index (κ1) is 16.5. The molecule has 1 amide bonds. The Morgan fingerprint density at radius 1 is 1.43 bits per heavy atom. The molecule has 1 saturated heterocycles. The van der Waals surface area contributed by atoms with Crippen LogP contribution in [0.5, 0.6) is 0 Å². The van der Waals surface area contributed by atoms with Crippen LogP contribution in [0.15, 0.2) is 22.4 Å². The topological polar surface area (TPSA) is 57.6 Å². The highest BCUT2D eigenvalue weighted by Crippen LogP contribution is 2.38. The molecule has 4 nitrogen and oxygen atoms in total. The lowest BCUT2D eigenvalue weighted by Gasteiger charge is -2.18. The number of nitrogens with zero attached hydrogens (tertiary/aromatic N) is 1. The zero-order chi connectivity index (χ0) is 15.2. The molecule has 1 aliphatic rings. The second-order valence-corrected chi connectivity index (χ2v) is 7.61. The molecule has 7 heteroatoms. The van der Waals surface area contributed by atoms with Crippen molar-refractivity contribution in [3.63, 3.8) is 0 Å². The van der Waals surface area contributed by atoms with Gasteiger partial charge in [-0.15, -0.1) is 24.0 Å². The smallest absolute Gasteiger partial charge is 0.303 e. The molecular weight excluding hydrogens is 326 g/mol. The van der Waals surface area contributed by atoms with Gasteiger partial charge >= 0.3 is 5.97 Å². The van der Waals surface area contributed by atoms with Crippen LogP contribution in [0.25, 0.3) is 6.08 Å². The fraction of sp³-hybridized carbons (Fsp3) is 0.429. The lowest BCUT2D eigenvalue weighted by atomic mass is 10.2. The van der Waals surface area contributed by atoms with E-state index in [9.17, 15) is 9.59 Å². The standard InChI is InChI=1S/C14H17NO3S3/c16-12(17)6-2-1-3-7-15-13(18)11(21-14(15)19)9-10-5-4-8-20-10/h4-5,8-9,14,19H,1-3,6-7H2,(H,16,17)/b11-9-. The second-order valence-electron chi connectivity index (χ2n) is 4.67. The quantitative estimate of drug-likeness (QED) is 0.452. The van der Waals surface area contributed by atoms with Crippen LogP contribution in [0, 0.1) is 0 Å². The van der Waals surface area contributed by atoms with Crippen molar-refractivity contribution < 1.29 is 14.7 Å². The SMILES string of the molecule is O=C(O)CCCCCN1C(=O)/C(=C/c2cccs2)SC1S. The molecule has 1 aromatic heterocycles. The van der Waals surface area contributed by atoms with Crippen LogP contribution in [0.2, 0.25) is 0 Å². The van der Waals surface area contributed by atoms with Crippen molar-refractivity contribution in [2.75, 3.05) is 6.54 Å². The lowest BCUT2D eigenvalue weighted by Crippen LogP contribution is -2.30. The first-order chi connectivity index (χ1) is 10.1.